The molecule has 0 unspecified atom stereocenters. The molecule has 0 bridgehead atoms. The lowest BCUT2D eigenvalue weighted by Gasteiger charge is -2.01. The van der Waals surface area contributed by atoms with Crippen LogP contribution in [0.4, 0.5) is 0 Å². The molecule has 0 aliphatic carbocycles. The van der Waals surface area contributed by atoms with Gasteiger partial charge in [-0.15, -0.1) is 0 Å². The van der Waals surface area contributed by atoms with Crippen molar-refractivity contribution in [1.82, 2.24) is 9.97 Å². The lowest BCUT2D eigenvalue weighted by molar-refractivity contribution is 0.425. The van der Waals surface area contributed by atoms with Crippen molar-refractivity contribution in [3.05, 3.63) is 42.7 Å². The maximum atomic E-state index is 8.89. The first-order valence-electron chi connectivity index (χ1n) is 4.51. The van der Waals surface area contributed by atoms with Gasteiger partial charge in [0.2, 0.25) is 0 Å². The van der Waals surface area contributed by atoms with Crippen LogP contribution in [-0.4, -0.2) is 27.1 Å². The van der Waals surface area contributed by atoms with Crippen LogP contribution in [0.2, 0.25) is 0 Å². The molecule has 0 aliphatic heterocycles. The van der Waals surface area contributed by atoms with Crippen LogP contribution in [0.3, 0.4) is 0 Å². The summed E-state index contributed by atoms with van der Waals surface area (Å²) in [6.07, 6.45) is 3.11. The lowest BCUT2D eigenvalue weighted by Crippen LogP contribution is -2.29. The topological polar surface area (TPSA) is 66.2 Å². The molecule has 0 fully saturated rings. The predicted octanol–water partition coefficient (Wildman–Crippen LogP) is -0.177. The van der Waals surface area contributed by atoms with Gasteiger partial charge in [-0.2, -0.15) is 0 Å². The lowest BCUT2D eigenvalue weighted by atomic mass is 9.81. The van der Waals surface area contributed by atoms with Gasteiger partial charge in [0.05, 0.1) is 11.4 Å². The van der Waals surface area contributed by atoms with Crippen LogP contribution in [0.25, 0.3) is 11.4 Å². The van der Waals surface area contributed by atoms with E-state index in [1.165, 1.54) is 6.20 Å². The highest BCUT2D eigenvalue weighted by Gasteiger charge is 2.11. The molecule has 15 heavy (non-hydrogen) atoms. The molecule has 74 valence electrons. The molecular weight excluding hydrogens is 191 g/mol. The van der Waals surface area contributed by atoms with Crippen molar-refractivity contribution in [1.29, 1.82) is 0 Å². The minimum atomic E-state index is -1.48. The van der Waals surface area contributed by atoms with Crippen molar-refractivity contribution in [2.45, 2.75) is 0 Å². The fourth-order valence-electron chi connectivity index (χ4n) is 1.22. The van der Waals surface area contributed by atoms with Gasteiger partial charge in [0.15, 0.2) is 0 Å². The summed E-state index contributed by atoms with van der Waals surface area (Å²) >= 11 is 0. The van der Waals surface area contributed by atoms with Gasteiger partial charge in [-0.3, -0.25) is 9.97 Å². The van der Waals surface area contributed by atoms with Gasteiger partial charge >= 0.3 is 7.12 Å². The molecule has 0 amide bonds. The fraction of sp³-hybridized carbons (Fsp3) is 0. The number of hydrogen-bond donors (Lipinski definition) is 2. The van der Waals surface area contributed by atoms with E-state index in [0.29, 0.717) is 11.2 Å². The third kappa shape index (κ3) is 2.20. The van der Waals surface area contributed by atoms with Gasteiger partial charge in [0.1, 0.15) is 0 Å². The Morgan fingerprint density at radius 1 is 0.933 bits per heavy atom. The SMILES string of the molecule is OB(O)c1ccc(-c2ccccn2)nc1. The summed E-state index contributed by atoms with van der Waals surface area (Å²) in [6, 6.07) is 8.87. The molecule has 0 aromatic carbocycles. The van der Waals surface area contributed by atoms with Crippen LogP contribution in [0.5, 0.6) is 0 Å². The molecule has 0 atom stereocenters. The fourth-order valence-corrected chi connectivity index (χ4v) is 1.22. The van der Waals surface area contributed by atoms with Crippen LogP contribution in [0, 0.1) is 0 Å². The monoisotopic (exact) mass is 200 g/mol. The third-order valence-electron chi connectivity index (χ3n) is 2.01. The first-order valence-corrected chi connectivity index (χ1v) is 4.51. The molecule has 0 aliphatic rings. The largest absolute Gasteiger partial charge is 0.490 e. The maximum absolute atomic E-state index is 8.89. The van der Waals surface area contributed by atoms with E-state index < -0.39 is 7.12 Å². The molecule has 0 spiro atoms. The van der Waals surface area contributed by atoms with Gasteiger partial charge in [-0.05, 0) is 18.2 Å². The van der Waals surface area contributed by atoms with Crippen molar-refractivity contribution >= 4 is 12.6 Å². The van der Waals surface area contributed by atoms with E-state index >= 15 is 0 Å². The van der Waals surface area contributed by atoms with Gasteiger partial charge in [-0.1, -0.05) is 12.1 Å². The number of rotatable bonds is 2. The summed E-state index contributed by atoms with van der Waals surface area (Å²) in [5, 5.41) is 17.8. The molecule has 2 aromatic rings. The Bertz CT molecular complexity index is 431. The van der Waals surface area contributed by atoms with Gasteiger partial charge in [0, 0.05) is 17.9 Å². The van der Waals surface area contributed by atoms with Crippen LogP contribution >= 0.6 is 0 Å². The summed E-state index contributed by atoms with van der Waals surface area (Å²) in [5.74, 6) is 0. The summed E-state index contributed by atoms with van der Waals surface area (Å²) in [5.41, 5.74) is 1.84. The molecule has 2 rings (SSSR count). The molecule has 0 saturated heterocycles. The zero-order chi connectivity index (χ0) is 10.7. The van der Waals surface area contributed by atoms with Crippen molar-refractivity contribution in [3.63, 3.8) is 0 Å². The van der Waals surface area contributed by atoms with Crippen molar-refractivity contribution in [2.75, 3.05) is 0 Å². The Morgan fingerprint density at radius 3 is 2.27 bits per heavy atom. The smallest absolute Gasteiger partial charge is 0.423 e. The highest BCUT2D eigenvalue weighted by atomic mass is 16.4. The number of nitrogens with zero attached hydrogens (tertiary/aromatic N) is 2. The van der Waals surface area contributed by atoms with E-state index in [-0.39, 0.29) is 0 Å². The number of pyridine rings is 2. The molecule has 4 nitrogen and oxygen atoms in total. The van der Waals surface area contributed by atoms with E-state index in [1.54, 1.807) is 18.3 Å². The molecule has 0 radical (unpaired) electrons. The van der Waals surface area contributed by atoms with Gasteiger partial charge in [0.25, 0.3) is 0 Å². The predicted molar refractivity (Wildman–Crippen MR) is 57.3 cm³/mol. The average Bonchev–Trinajstić information content (AvgIpc) is 2.30. The van der Waals surface area contributed by atoms with E-state index in [9.17, 15) is 0 Å². The van der Waals surface area contributed by atoms with Crippen molar-refractivity contribution in [3.8, 4) is 11.4 Å². The third-order valence-corrected chi connectivity index (χ3v) is 2.01. The quantitative estimate of drug-likeness (QED) is 0.660. The van der Waals surface area contributed by atoms with Crippen molar-refractivity contribution < 1.29 is 10.0 Å². The first kappa shape index (κ1) is 9.83. The zero-order valence-corrected chi connectivity index (χ0v) is 7.91. The summed E-state index contributed by atoms with van der Waals surface area (Å²) in [4.78, 5) is 8.22. The Labute approximate surface area is 87.4 Å². The second-order valence-electron chi connectivity index (χ2n) is 3.07. The Kier molecular flexibility index (Phi) is 2.76. The number of hydrogen-bond acceptors (Lipinski definition) is 4. The second-order valence-corrected chi connectivity index (χ2v) is 3.07. The van der Waals surface area contributed by atoms with Crippen LogP contribution in [0.1, 0.15) is 0 Å². The molecule has 2 N–H and O–H groups in total. The van der Waals surface area contributed by atoms with E-state index in [1.807, 2.05) is 18.2 Å². The standard InChI is InChI=1S/C10H9BN2O2/c14-11(15)8-4-5-10(13-7-8)9-3-1-2-6-12-9/h1-7,14-15H. The maximum Gasteiger partial charge on any atom is 0.490 e. The van der Waals surface area contributed by atoms with E-state index in [2.05, 4.69) is 9.97 Å². The van der Waals surface area contributed by atoms with Gasteiger partial charge in [-0.25, -0.2) is 0 Å². The molecule has 2 heterocycles. The van der Waals surface area contributed by atoms with Crippen LogP contribution < -0.4 is 5.46 Å². The van der Waals surface area contributed by atoms with Crippen LogP contribution in [0.15, 0.2) is 42.7 Å². The average molecular weight is 200 g/mol. The molecular formula is C10H9BN2O2. The summed E-state index contributed by atoms with van der Waals surface area (Å²) in [7, 11) is -1.48. The highest BCUT2D eigenvalue weighted by molar-refractivity contribution is 6.58. The van der Waals surface area contributed by atoms with Crippen LogP contribution in [-0.2, 0) is 0 Å². The van der Waals surface area contributed by atoms with Crippen molar-refractivity contribution in [2.24, 2.45) is 0 Å². The summed E-state index contributed by atoms with van der Waals surface area (Å²) < 4.78 is 0. The highest BCUT2D eigenvalue weighted by Crippen LogP contribution is 2.10. The molecule has 2 aromatic heterocycles. The minimum Gasteiger partial charge on any atom is -0.423 e. The van der Waals surface area contributed by atoms with E-state index in [4.69, 9.17) is 10.0 Å². The molecule has 5 heteroatoms. The zero-order valence-electron chi connectivity index (χ0n) is 7.91. The normalized spacial score (nSPS) is 10.0. The Balaban J connectivity index is 2.32. The second kappa shape index (κ2) is 4.21. The Morgan fingerprint density at radius 2 is 1.73 bits per heavy atom. The Hall–Kier alpha value is -1.72. The minimum absolute atomic E-state index is 0.370. The van der Waals surface area contributed by atoms with Gasteiger partial charge < -0.3 is 10.0 Å². The van der Waals surface area contributed by atoms with E-state index in [0.717, 1.165) is 5.69 Å². The molecule has 0 saturated carbocycles. The first-order chi connectivity index (χ1) is 7.27. The summed E-state index contributed by atoms with van der Waals surface area (Å²) in [6.45, 7) is 0. The number of aromatic nitrogens is 2.